The summed E-state index contributed by atoms with van der Waals surface area (Å²) in [5, 5.41) is 3.23. The van der Waals surface area contributed by atoms with E-state index in [1.54, 1.807) is 4.90 Å². The summed E-state index contributed by atoms with van der Waals surface area (Å²) in [5.41, 5.74) is 1.49. The van der Waals surface area contributed by atoms with Crippen LogP contribution in [0.15, 0.2) is 24.3 Å². The van der Waals surface area contributed by atoms with Crippen molar-refractivity contribution in [2.75, 3.05) is 19.8 Å². The largest absolute Gasteiger partial charge is 0.382 e. The minimum Gasteiger partial charge on any atom is -0.382 e. The molecule has 1 N–H and O–H groups in total. The van der Waals surface area contributed by atoms with Crippen molar-refractivity contribution in [2.24, 2.45) is 0 Å². The second-order valence-corrected chi connectivity index (χ2v) is 7.24. The predicted molar refractivity (Wildman–Crippen MR) is 101 cm³/mol. The highest BCUT2D eigenvalue weighted by molar-refractivity contribution is 6.04. The molecule has 2 aliphatic rings. The number of ether oxygens (including phenoxy) is 1. The third-order valence-electron chi connectivity index (χ3n) is 5.40. The van der Waals surface area contributed by atoms with Crippen LogP contribution in [-0.4, -0.2) is 42.5 Å². The van der Waals surface area contributed by atoms with E-state index in [0.29, 0.717) is 25.3 Å². The van der Waals surface area contributed by atoms with Crippen molar-refractivity contribution >= 4 is 11.8 Å². The van der Waals surface area contributed by atoms with Gasteiger partial charge in [0.15, 0.2) is 0 Å². The van der Waals surface area contributed by atoms with Crippen LogP contribution in [0.5, 0.6) is 0 Å². The third kappa shape index (κ3) is 4.26. The van der Waals surface area contributed by atoms with E-state index < -0.39 is 6.04 Å². The fourth-order valence-electron chi connectivity index (χ4n) is 4.07. The molecule has 1 saturated carbocycles. The Bertz CT molecular complexity index is 623. The zero-order chi connectivity index (χ0) is 18.4. The molecule has 1 aliphatic carbocycles. The average Bonchev–Trinajstić information content (AvgIpc) is 2.80. The van der Waals surface area contributed by atoms with Crippen LogP contribution in [0.25, 0.3) is 0 Å². The molecule has 0 spiro atoms. The van der Waals surface area contributed by atoms with E-state index in [9.17, 15) is 9.59 Å². The Balaban J connectivity index is 1.73. The second kappa shape index (κ2) is 9.17. The molecule has 1 heterocycles. The van der Waals surface area contributed by atoms with E-state index in [1.165, 1.54) is 25.7 Å². The minimum atomic E-state index is -0.511. The lowest BCUT2D eigenvalue weighted by atomic mass is 10.0. The van der Waals surface area contributed by atoms with Gasteiger partial charge in [0.05, 0.1) is 0 Å². The molecule has 0 bridgehead atoms. The first-order valence-corrected chi connectivity index (χ1v) is 10.0. The van der Waals surface area contributed by atoms with Crippen molar-refractivity contribution in [1.82, 2.24) is 10.2 Å². The molecule has 0 radical (unpaired) electrons. The van der Waals surface area contributed by atoms with Gasteiger partial charge in [-0.05, 0) is 37.8 Å². The summed E-state index contributed by atoms with van der Waals surface area (Å²) in [6.07, 6.45) is 7.66. The first-order valence-electron chi connectivity index (χ1n) is 10.0. The van der Waals surface area contributed by atoms with Crippen molar-refractivity contribution in [3.63, 3.8) is 0 Å². The highest BCUT2D eigenvalue weighted by Gasteiger charge is 2.40. The lowest BCUT2D eigenvalue weighted by Crippen LogP contribution is -2.43. The van der Waals surface area contributed by atoms with Gasteiger partial charge in [0, 0.05) is 31.4 Å². The van der Waals surface area contributed by atoms with E-state index in [4.69, 9.17) is 4.74 Å². The van der Waals surface area contributed by atoms with E-state index >= 15 is 0 Å². The summed E-state index contributed by atoms with van der Waals surface area (Å²) >= 11 is 0. The topological polar surface area (TPSA) is 58.6 Å². The normalized spacial score (nSPS) is 20.7. The molecule has 1 fully saturated rings. The summed E-state index contributed by atoms with van der Waals surface area (Å²) in [7, 11) is 0. The van der Waals surface area contributed by atoms with Crippen LogP contribution < -0.4 is 5.32 Å². The molecule has 142 valence electrons. The van der Waals surface area contributed by atoms with Crippen molar-refractivity contribution in [1.29, 1.82) is 0 Å². The fraction of sp³-hybridized carbons (Fsp3) is 0.619. The second-order valence-electron chi connectivity index (χ2n) is 7.24. The Kier molecular flexibility index (Phi) is 6.67. The molecule has 1 aromatic rings. The summed E-state index contributed by atoms with van der Waals surface area (Å²) in [6.45, 7) is 3.77. The van der Waals surface area contributed by atoms with Crippen molar-refractivity contribution in [3.8, 4) is 0 Å². The lowest BCUT2D eigenvalue weighted by Gasteiger charge is -2.27. The van der Waals surface area contributed by atoms with Gasteiger partial charge in [0.2, 0.25) is 5.91 Å². The molecule has 2 amide bonds. The van der Waals surface area contributed by atoms with E-state index in [1.807, 2.05) is 31.2 Å². The van der Waals surface area contributed by atoms with Crippen LogP contribution in [0.1, 0.15) is 73.8 Å². The Labute approximate surface area is 156 Å². The molecule has 26 heavy (non-hydrogen) atoms. The molecule has 5 heteroatoms. The highest BCUT2D eigenvalue weighted by atomic mass is 16.5. The average molecular weight is 358 g/mol. The quantitative estimate of drug-likeness (QED) is 0.600. The summed E-state index contributed by atoms with van der Waals surface area (Å²) in [4.78, 5) is 27.6. The van der Waals surface area contributed by atoms with Gasteiger partial charge >= 0.3 is 0 Å². The Morgan fingerprint density at radius 1 is 1.19 bits per heavy atom. The van der Waals surface area contributed by atoms with Crippen LogP contribution in [0.3, 0.4) is 0 Å². The number of carbonyl (C=O) groups is 2. The maximum absolute atomic E-state index is 13.1. The number of hydrogen-bond acceptors (Lipinski definition) is 3. The van der Waals surface area contributed by atoms with Gasteiger partial charge in [-0.3, -0.25) is 9.59 Å². The van der Waals surface area contributed by atoms with Gasteiger partial charge in [-0.15, -0.1) is 0 Å². The molecule has 0 aromatic heterocycles. The number of benzene rings is 1. The van der Waals surface area contributed by atoms with Gasteiger partial charge in [-0.25, -0.2) is 0 Å². The first-order chi connectivity index (χ1) is 12.7. The van der Waals surface area contributed by atoms with Crippen LogP contribution in [0, 0.1) is 0 Å². The van der Waals surface area contributed by atoms with E-state index in [2.05, 4.69) is 5.32 Å². The molecular formula is C21H30N2O3. The Hall–Kier alpha value is -1.88. The van der Waals surface area contributed by atoms with Crippen molar-refractivity contribution < 1.29 is 14.3 Å². The predicted octanol–water partition coefficient (Wildman–Crippen LogP) is 3.45. The maximum Gasteiger partial charge on any atom is 0.255 e. The number of fused-ring (bicyclic) bond motifs is 1. The van der Waals surface area contributed by atoms with Crippen molar-refractivity contribution in [3.05, 3.63) is 35.4 Å². The number of nitrogens with one attached hydrogen (secondary N) is 1. The summed E-state index contributed by atoms with van der Waals surface area (Å²) in [6, 6.07) is 7.23. The van der Waals surface area contributed by atoms with Crippen LogP contribution in [0.4, 0.5) is 0 Å². The van der Waals surface area contributed by atoms with Gasteiger partial charge in [-0.1, -0.05) is 43.9 Å². The molecular weight excluding hydrogens is 328 g/mol. The van der Waals surface area contributed by atoms with Gasteiger partial charge in [0.25, 0.3) is 5.91 Å². The number of hydrogen-bond donors (Lipinski definition) is 1. The van der Waals surface area contributed by atoms with Crippen LogP contribution >= 0.6 is 0 Å². The van der Waals surface area contributed by atoms with Crippen LogP contribution in [-0.2, 0) is 9.53 Å². The molecule has 0 unspecified atom stereocenters. The van der Waals surface area contributed by atoms with Crippen molar-refractivity contribution in [2.45, 2.75) is 64.0 Å². The molecule has 3 rings (SSSR count). The SMILES string of the molecule is CCOCCCN1C(=O)c2ccccc2[C@@H]1C(=O)NC1CCCCCC1. The molecule has 1 aliphatic heterocycles. The summed E-state index contributed by atoms with van der Waals surface area (Å²) < 4.78 is 5.40. The van der Waals surface area contributed by atoms with E-state index in [-0.39, 0.29) is 17.9 Å². The lowest BCUT2D eigenvalue weighted by molar-refractivity contribution is -0.126. The fourth-order valence-corrected chi connectivity index (χ4v) is 4.07. The van der Waals surface area contributed by atoms with E-state index in [0.717, 1.165) is 24.8 Å². The molecule has 0 saturated heterocycles. The zero-order valence-corrected chi connectivity index (χ0v) is 15.7. The third-order valence-corrected chi connectivity index (χ3v) is 5.40. The molecule has 1 aromatic carbocycles. The van der Waals surface area contributed by atoms with Gasteiger partial charge in [-0.2, -0.15) is 0 Å². The number of rotatable bonds is 7. The standard InChI is InChI=1S/C21H30N2O3/c1-2-26-15-9-14-23-19(17-12-7-8-13-18(17)21(23)25)20(24)22-16-10-5-3-4-6-11-16/h7-8,12-13,16,19H,2-6,9-11,14-15H2,1H3,(H,22,24)/t19-/m1/s1. The molecule has 1 atom stereocenters. The molecule has 5 nitrogen and oxygen atoms in total. The van der Waals surface area contributed by atoms with Gasteiger partial charge in [0.1, 0.15) is 6.04 Å². The maximum atomic E-state index is 13.1. The highest BCUT2D eigenvalue weighted by Crippen LogP contribution is 2.34. The number of carbonyl (C=O) groups excluding carboxylic acids is 2. The Morgan fingerprint density at radius 3 is 2.65 bits per heavy atom. The number of nitrogens with zero attached hydrogens (tertiary/aromatic N) is 1. The first kappa shape index (κ1) is 18.9. The number of amides is 2. The van der Waals surface area contributed by atoms with Crippen LogP contribution in [0.2, 0.25) is 0 Å². The van der Waals surface area contributed by atoms with Gasteiger partial charge < -0.3 is 15.0 Å². The smallest absolute Gasteiger partial charge is 0.255 e. The monoisotopic (exact) mass is 358 g/mol. The minimum absolute atomic E-state index is 0.0355. The Morgan fingerprint density at radius 2 is 1.92 bits per heavy atom. The summed E-state index contributed by atoms with van der Waals surface area (Å²) in [5.74, 6) is -0.0790. The zero-order valence-electron chi connectivity index (χ0n) is 15.7.